The molecule has 0 amide bonds. The van der Waals surface area contributed by atoms with Crippen LogP contribution in [-0.4, -0.2) is 16.9 Å². The molecule has 1 N–H and O–H groups in total. The first kappa shape index (κ1) is 10.9. The van der Waals surface area contributed by atoms with Crippen molar-refractivity contribution in [3.05, 3.63) is 29.3 Å². The van der Waals surface area contributed by atoms with E-state index in [2.05, 4.69) is 16.4 Å². The van der Waals surface area contributed by atoms with Gasteiger partial charge in [0.2, 0.25) is 0 Å². The summed E-state index contributed by atoms with van der Waals surface area (Å²) < 4.78 is 1.24. The molecule has 80 valence electrons. The van der Waals surface area contributed by atoms with Gasteiger partial charge in [0.25, 0.3) is 0 Å². The molecule has 0 aliphatic carbocycles. The minimum atomic E-state index is 0.166. The molecule has 1 atom stereocenters. The van der Waals surface area contributed by atoms with Gasteiger partial charge in [0.15, 0.2) is 0 Å². The van der Waals surface area contributed by atoms with Gasteiger partial charge in [0, 0.05) is 18.5 Å². The third-order valence-electron chi connectivity index (χ3n) is 2.04. The van der Waals surface area contributed by atoms with Crippen LogP contribution in [0.4, 0.5) is 0 Å². The second-order valence-corrected chi connectivity index (χ2v) is 5.35. The second kappa shape index (κ2) is 4.92. The van der Waals surface area contributed by atoms with E-state index >= 15 is 0 Å². The summed E-state index contributed by atoms with van der Waals surface area (Å²) in [5, 5.41) is 4.56. The number of rotatable bonds is 4. The Hall–Kier alpha value is -0.640. The third kappa shape index (κ3) is 2.91. The van der Waals surface area contributed by atoms with Crippen molar-refractivity contribution in [3.63, 3.8) is 0 Å². The van der Waals surface area contributed by atoms with E-state index in [1.54, 1.807) is 11.3 Å². The number of aromatic nitrogens is 1. The lowest BCUT2D eigenvalue weighted by Gasteiger charge is -2.02. The molecule has 0 fully saturated rings. The van der Waals surface area contributed by atoms with Gasteiger partial charge < -0.3 is 5.32 Å². The Morgan fingerprint density at radius 3 is 3.00 bits per heavy atom. The smallest absolute Gasteiger partial charge is 0.108 e. The van der Waals surface area contributed by atoms with Gasteiger partial charge in [-0.3, -0.25) is 0 Å². The molecule has 0 bridgehead atoms. The molecular weight excluding hydrogens is 228 g/mol. The van der Waals surface area contributed by atoms with E-state index in [9.17, 15) is 0 Å². The van der Waals surface area contributed by atoms with Crippen molar-refractivity contribution in [1.29, 1.82) is 0 Å². The van der Waals surface area contributed by atoms with Crippen LogP contribution in [0.2, 0.25) is 0 Å². The SMILES string of the molecule is CC(Cl)CNCc1nc2ccccc2s1. The standard InChI is InChI=1S/C11H13ClN2S/c1-8(12)6-13-7-11-14-9-4-2-3-5-10(9)15-11/h2-5,8,13H,6-7H2,1H3. The van der Waals surface area contributed by atoms with E-state index in [0.717, 1.165) is 23.6 Å². The van der Waals surface area contributed by atoms with Crippen LogP contribution in [0, 0.1) is 0 Å². The zero-order valence-electron chi connectivity index (χ0n) is 8.53. The molecule has 2 rings (SSSR count). The minimum Gasteiger partial charge on any atom is -0.309 e. The Balaban J connectivity index is 2.03. The van der Waals surface area contributed by atoms with Crippen LogP contribution in [0.15, 0.2) is 24.3 Å². The van der Waals surface area contributed by atoms with Crippen molar-refractivity contribution in [1.82, 2.24) is 10.3 Å². The maximum atomic E-state index is 5.84. The van der Waals surface area contributed by atoms with E-state index in [-0.39, 0.29) is 5.38 Å². The molecule has 0 aliphatic heterocycles. The summed E-state index contributed by atoms with van der Waals surface area (Å²) in [6, 6.07) is 8.19. The first-order chi connectivity index (χ1) is 7.25. The number of hydrogen-bond acceptors (Lipinski definition) is 3. The Morgan fingerprint density at radius 1 is 1.47 bits per heavy atom. The number of nitrogens with zero attached hydrogens (tertiary/aromatic N) is 1. The molecular formula is C11H13ClN2S. The van der Waals surface area contributed by atoms with Gasteiger partial charge in [-0.15, -0.1) is 22.9 Å². The highest BCUT2D eigenvalue weighted by Crippen LogP contribution is 2.21. The number of para-hydroxylation sites is 1. The highest BCUT2D eigenvalue weighted by atomic mass is 35.5. The second-order valence-electron chi connectivity index (χ2n) is 3.49. The van der Waals surface area contributed by atoms with Gasteiger partial charge in [-0.2, -0.15) is 0 Å². The molecule has 0 aliphatic rings. The van der Waals surface area contributed by atoms with Gasteiger partial charge in [0.1, 0.15) is 5.01 Å². The maximum Gasteiger partial charge on any atom is 0.108 e. The van der Waals surface area contributed by atoms with Crippen LogP contribution in [0.5, 0.6) is 0 Å². The Labute approximate surface area is 98.3 Å². The summed E-state index contributed by atoms with van der Waals surface area (Å²) in [5.41, 5.74) is 1.08. The van der Waals surface area contributed by atoms with E-state index in [4.69, 9.17) is 11.6 Å². The molecule has 4 heteroatoms. The summed E-state index contributed by atoms with van der Waals surface area (Å²) in [7, 11) is 0. The van der Waals surface area contributed by atoms with Crippen molar-refractivity contribution in [2.24, 2.45) is 0 Å². The first-order valence-corrected chi connectivity index (χ1v) is 6.20. The predicted molar refractivity (Wildman–Crippen MR) is 66.6 cm³/mol. The lowest BCUT2D eigenvalue weighted by Crippen LogP contribution is -2.20. The van der Waals surface area contributed by atoms with Gasteiger partial charge in [-0.05, 0) is 19.1 Å². The number of fused-ring (bicyclic) bond motifs is 1. The normalized spacial score (nSPS) is 13.2. The molecule has 1 unspecified atom stereocenters. The highest BCUT2D eigenvalue weighted by Gasteiger charge is 2.02. The summed E-state index contributed by atoms with van der Waals surface area (Å²) in [5.74, 6) is 0. The third-order valence-corrected chi connectivity index (χ3v) is 3.23. The predicted octanol–water partition coefficient (Wildman–Crippen LogP) is 3.01. The van der Waals surface area contributed by atoms with E-state index < -0.39 is 0 Å². The molecule has 2 aromatic rings. The fraction of sp³-hybridized carbons (Fsp3) is 0.364. The average molecular weight is 241 g/mol. The fourth-order valence-electron chi connectivity index (χ4n) is 1.37. The lowest BCUT2D eigenvalue weighted by molar-refractivity contribution is 0.678. The Morgan fingerprint density at radius 2 is 2.27 bits per heavy atom. The van der Waals surface area contributed by atoms with Crippen LogP contribution >= 0.6 is 22.9 Å². The van der Waals surface area contributed by atoms with E-state index in [1.165, 1.54) is 4.70 Å². The minimum absolute atomic E-state index is 0.166. The van der Waals surface area contributed by atoms with Gasteiger partial charge in [-0.1, -0.05) is 12.1 Å². The summed E-state index contributed by atoms with van der Waals surface area (Å²) >= 11 is 7.58. The molecule has 1 heterocycles. The van der Waals surface area contributed by atoms with Gasteiger partial charge in [-0.25, -0.2) is 4.98 Å². The van der Waals surface area contributed by atoms with Gasteiger partial charge >= 0.3 is 0 Å². The molecule has 15 heavy (non-hydrogen) atoms. The van der Waals surface area contributed by atoms with Crippen molar-refractivity contribution < 1.29 is 0 Å². The van der Waals surface area contributed by atoms with Crippen molar-refractivity contribution in [3.8, 4) is 0 Å². The number of nitrogens with one attached hydrogen (secondary N) is 1. The quantitative estimate of drug-likeness (QED) is 0.832. The van der Waals surface area contributed by atoms with Gasteiger partial charge in [0.05, 0.1) is 10.2 Å². The molecule has 1 aromatic carbocycles. The Kier molecular flexibility index (Phi) is 3.57. The average Bonchev–Trinajstić information content (AvgIpc) is 2.59. The molecule has 0 saturated carbocycles. The Bertz CT molecular complexity index is 406. The largest absolute Gasteiger partial charge is 0.309 e. The van der Waals surface area contributed by atoms with Crippen molar-refractivity contribution in [2.75, 3.05) is 6.54 Å². The van der Waals surface area contributed by atoms with Crippen LogP contribution < -0.4 is 5.32 Å². The summed E-state index contributed by atoms with van der Waals surface area (Å²) in [6.07, 6.45) is 0. The first-order valence-electron chi connectivity index (χ1n) is 4.95. The van der Waals surface area contributed by atoms with Crippen LogP contribution in [0.25, 0.3) is 10.2 Å². The van der Waals surface area contributed by atoms with Crippen LogP contribution in [-0.2, 0) is 6.54 Å². The van der Waals surface area contributed by atoms with E-state index in [0.29, 0.717) is 0 Å². The zero-order valence-corrected chi connectivity index (χ0v) is 10.1. The number of alkyl halides is 1. The summed E-state index contributed by atoms with van der Waals surface area (Å²) in [6.45, 7) is 3.60. The molecule has 0 spiro atoms. The summed E-state index contributed by atoms with van der Waals surface area (Å²) in [4.78, 5) is 4.52. The number of thiazole rings is 1. The lowest BCUT2D eigenvalue weighted by atomic mass is 10.3. The van der Waals surface area contributed by atoms with Crippen LogP contribution in [0.3, 0.4) is 0 Å². The molecule has 1 aromatic heterocycles. The number of benzene rings is 1. The van der Waals surface area contributed by atoms with Crippen molar-refractivity contribution in [2.45, 2.75) is 18.8 Å². The molecule has 0 radical (unpaired) electrons. The monoisotopic (exact) mass is 240 g/mol. The highest BCUT2D eigenvalue weighted by molar-refractivity contribution is 7.18. The topological polar surface area (TPSA) is 24.9 Å². The number of halogens is 1. The van der Waals surface area contributed by atoms with E-state index in [1.807, 2.05) is 25.1 Å². The fourth-order valence-corrected chi connectivity index (χ4v) is 2.42. The molecule has 0 saturated heterocycles. The number of hydrogen-bond donors (Lipinski definition) is 1. The van der Waals surface area contributed by atoms with Crippen molar-refractivity contribution >= 4 is 33.2 Å². The zero-order chi connectivity index (χ0) is 10.7. The maximum absolute atomic E-state index is 5.84. The molecule has 2 nitrogen and oxygen atoms in total. The van der Waals surface area contributed by atoms with Crippen LogP contribution in [0.1, 0.15) is 11.9 Å².